The summed E-state index contributed by atoms with van der Waals surface area (Å²) in [5, 5.41) is 13.6. The molecule has 0 aliphatic rings. The number of nitro groups is 1. The van der Waals surface area contributed by atoms with Crippen LogP contribution < -0.4 is 5.32 Å². The molecule has 0 bridgehead atoms. The van der Waals surface area contributed by atoms with E-state index in [1.165, 1.54) is 18.2 Å². The van der Waals surface area contributed by atoms with E-state index in [1.807, 2.05) is 0 Å². The van der Waals surface area contributed by atoms with E-state index in [1.54, 1.807) is 6.07 Å². The molecule has 1 N–H and O–H groups in total. The van der Waals surface area contributed by atoms with Gasteiger partial charge in [-0.05, 0) is 18.9 Å². The van der Waals surface area contributed by atoms with Gasteiger partial charge in [0.1, 0.15) is 0 Å². The number of nitro benzene ring substituents is 1. The Labute approximate surface area is 106 Å². The lowest BCUT2D eigenvalue weighted by molar-refractivity contribution is -0.384. The molecule has 0 heterocycles. The van der Waals surface area contributed by atoms with Crippen LogP contribution in [0, 0.1) is 16.0 Å². The molecule has 0 radical (unpaired) electrons. The number of carbonyl (C=O) groups excluding carboxylic acids is 1. The topological polar surface area (TPSA) is 72.2 Å². The van der Waals surface area contributed by atoms with Crippen molar-refractivity contribution >= 4 is 11.5 Å². The molecule has 0 spiro atoms. The van der Waals surface area contributed by atoms with Crippen molar-refractivity contribution in [3.05, 3.63) is 39.9 Å². The highest BCUT2D eigenvalue weighted by molar-refractivity contribution is 5.98. The summed E-state index contributed by atoms with van der Waals surface area (Å²) in [6.07, 6.45) is 1.00. The van der Waals surface area contributed by atoms with Crippen molar-refractivity contribution in [2.45, 2.75) is 20.3 Å². The Morgan fingerprint density at radius 2 is 2.17 bits per heavy atom. The third-order valence-corrected chi connectivity index (χ3v) is 2.56. The minimum atomic E-state index is -0.497. The van der Waals surface area contributed by atoms with Gasteiger partial charge in [-0.3, -0.25) is 14.9 Å². The van der Waals surface area contributed by atoms with Crippen LogP contribution in [0.2, 0.25) is 0 Å². The Morgan fingerprint density at radius 3 is 2.78 bits per heavy atom. The molecule has 5 heteroatoms. The molecule has 98 valence electrons. The molecule has 0 atom stereocenters. The van der Waals surface area contributed by atoms with Crippen molar-refractivity contribution in [1.82, 2.24) is 5.32 Å². The number of ketones is 1. The number of Topliss-reactive ketones (excluding diaryl/α,β-unsaturated/α-hetero) is 1. The summed E-state index contributed by atoms with van der Waals surface area (Å²) in [7, 11) is 0. The Kier molecular flexibility index (Phi) is 5.45. The van der Waals surface area contributed by atoms with Crippen LogP contribution in [0.3, 0.4) is 0 Å². The number of non-ortho nitro benzene ring substituents is 1. The van der Waals surface area contributed by atoms with Crippen molar-refractivity contribution in [3.8, 4) is 0 Å². The molecular formula is C13H18N2O3. The van der Waals surface area contributed by atoms with Crippen LogP contribution >= 0.6 is 0 Å². The third kappa shape index (κ3) is 4.63. The fraction of sp³-hybridized carbons (Fsp3) is 0.462. The van der Waals surface area contributed by atoms with Crippen molar-refractivity contribution in [1.29, 1.82) is 0 Å². The second-order valence-corrected chi connectivity index (χ2v) is 4.59. The van der Waals surface area contributed by atoms with Crippen LogP contribution in [-0.2, 0) is 0 Å². The van der Waals surface area contributed by atoms with Crippen molar-refractivity contribution < 1.29 is 9.72 Å². The Balaban J connectivity index is 2.51. The van der Waals surface area contributed by atoms with Gasteiger partial charge in [-0.15, -0.1) is 0 Å². The first-order valence-electron chi connectivity index (χ1n) is 5.99. The van der Waals surface area contributed by atoms with Crippen LogP contribution in [0.15, 0.2) is 24.3 Å². The van der Waals surface area contributed by atoms with Gasteiger partial charge in [0.05, 0.1) is 11.5 Å². The predicted molar refractivity (Wildman–Crippen MR) is 69.8 cm³/mol. The van der Waals surface area contributed by atoms with Crippen molar-refractivity contribution in [2.75, 3.05) is 13.1 Å². The summed E-state index contributed by atoms with van der Waals surface area (Å²) in [5.74, 6) is 0.466. The molecule has 5 nitrogen and oxygen atoms in total. The van der Waals surface area contributed by atoms with E-state index in [0.717, 1.165) is 13.0 Å². The van der Waals surface area contributed by atoms with Crippen LogP contribution in [0.4, 0.5) is 5.69 Å². The normalized spacial score (nSPS) is 10.6. The molecule has 0 amide bonds. The second-order valence-electron chi connectivity index (χ2n) is 4.59. The molecule has 0 saturated heterocycles. The molecule has 0 fully saturated rings. The maximum Gasteiger partial charge on any atom is 0.270 e. The number of nitrogens with zero attached hydrogens (tertiary/aromatic N) is 1. The number of rotatable bonds is 7. The number of hydrogen-bond acceptors (Lipinski definition) is 4. The zero-order chi connectivity index (χ0) is 13.5. The number of benzene rings is 1. The predicted octanol–water partition coefficient (Wildman–Crippen LogP) is 2.41. The van der Waals surface area contributed by atoms with Crippen LogP contribution in [0.5, 0.6) is 0 Å². The highest BCUT2D eigenvalue weighted by Crippen LogP contribution is 2.13. The Hall–Kier alpha value is -1.75. The quantitative estimate of drug-likeness (QED) is 0.349. The van der Waals surface area contributed by atoms with Gasteiger partial charge in [0.15, 0.2) is 5.78 Å². The van der Waals surface area contributed by atoms with Gasteiger partial charge >= 0.3 is 0 Å². The highest BCUT2D eigenvalue weighted by atomic mass is 16.6. The summed E-state index contributed by atoms with van der Waals surface area (Å²) < 4.78 is 0. The fourth-order valence-electron chi connectivity index (χ4n) is 1.49. The monoisotopic (exact) mass is 250 g/mol. The Bertz CT molecular complexity index is 430. The average molecular weight is 250 g/mol. The van der Waals surface area contributed by atoms with Gasteiger partial charge in [-0.25, -0.2) is 0 Å². The maximum absolute atomic E-state index is 11.8. The largest absolute Gasteiger partial charge is 0.310 e. The molecule has 1 rings (SSSR count). The molecule has 0 aromatic heterocycles. The van der Waals surface area contributed by atoms with Gasteiger partial charge in [-0.2, -0.15) is 0 Å². The van der Waals surface area contributed by atoms with Gasteiger partial charge in [0, 0.05) is 17.7 Å². The lowest BCUT2D eigenvalue weighted by Gasteiger charge is -2.06. The molecular weight excluding hydrogens is 232 g/mol. The third-order valence-electron chi connectivity index (χ3n) is 2.56. The summed E-state index contributed by atoms with van der Waals surface area (Å²) in [4.78, 5) is 21.9. The summed E-state index contributed by atoms with van der Waals surface area (Å²) in [5.41, 5.74) is 0.323. The van der Waals surface area contributed by atoms with E-state index in [0.29, 0.717) is 11.5 Å². The number of hydrogen-bond donors (Lipinski definition) is 1. The molecule has 0 unspecified atom stereocenters. The van der Waals surface area contributed by atoms with E-state index >= 15 is 0 Å². The lowest BCUT2D eigenvalue weighted by atomic mass is 10.1. The number of nitrogens with one attached hydrogen (secondary N) is 1. The summed E-state index contributed by atoms with van der Waals surface area (Å²) >= 11 is 0. The minimum absolute atomic E-state index is 0.0527. The zero-order valence-electron chi connectivity index (χ0n) is 10.7. The van der Waals surface area contributed by atoms with Crippen LogP contribution in [0.1, 0.15) is 30.6 Å². The van der Waals surface area contributed by atoms with E-state index in [2.05, 4.69) is 19.2 Å². The van der Waals surface area contributed by atoms with Crippen LogP contribution in [0.25, 0.3) is 0 Å². The molecule has 0 aliphatic heterocycles. The molecule has 1 aromatic carbocycles. The molecule has 0 aliphatic carbocycles. The van der Waals surface area contributed by atoms with Crippen LogP contribution in [-0.4, -0.2) is 23.8 Å². The summed E-state index contributed by atoms with van der Waals surface area (Å²) in [6, 6.07) is 5.81. The van der Waals surface area contributed by atoms with E-state index in [-0.39, 0.29) is 18.0 Å². The lowest BCUT2D eigenvalue weighted by Crippen LogP contribution is -2.24. The van der Waals surface area contributed by atoms with E-state index in [9.17, 15) is 14.9 Å². The SMILES string of the molecule is CC(C)CCNCC(=O)c1cccc([N+](=O)[O-])c1. The Morgan fingerprint density at radius 1 is 1.44 bits per heavy atom. The first-order chi connectivity index (χ1) is 8.50. The van der Waals surface area contributed by atoms with Crippen molar-refractivity contribution in [3.63, 3.8) is 0 Å². The maximum atomic E-state index is 11.8. The van der Waals surface area contributed by atoms with E-state index in [4.69, 9.17) is 0 Å². The van der Waals surface area contributed by atoms with Gasteiger partial charge < -0.3 is 5.32 Å². The highest BCUT2D eigenvalue weighted by Gasteiger charge is 2.10. The summed E-state index contributed by atoms with van der Waals surface area (Å²) in [6.45, 7) is 5.22. The smallest absolute Gasteiger partial charge is 0.270 e. The van der Waals surface area contributed by atoms with E-state index < -0.39 is 4.92 Å². The number of carbonyl (C=O) groups is 1. The fourth-order valence-corrected chi connectivity index (χ4v) is 1.49. The standard InChI is InChI=1S/C13H18N2O3/c1-10(2)6-7-14-9-13(16)11-4-3-5-12(8-11)15(17)18/h3-5,8,10,14H,6-7,9H2,1-2H3. The second kappa shape index (κ2) is 6.86. The molecule has 0 saturated carbocycles. The van der Waals surface area contributed by atoms with Crippen molar-refractivity contribution in [2.24, 2.45) is 5.92 Å². The first-order valence-corrected chi connectivity index (χ1v) is 5.99. The molecule has 1 aromatic rings. The zero-order valence-corrected chi connectivity index (χ0v) is 10.7. The van der Waals surface area contributed by atoms with Gasteiger partial charge in [0.25, 0.3) is 5.69 Å². The minimum Gasteiger partial charge on any atom is -0.310 e. The first kappa shape index (κ1) is 14.3. The van der Waals surface area contributed by atoms with Gasteiger partial charge in [-0.1, -0.05) is 26.0 Å². The average Bonchev–Trinajstić information content (AvgIpc) is 2.34. The van der Waals surface area contributed by atoms with Gasteiger partial charge in [0.2, 0.25) is 0 Å². The molecule has 18 heavy (non-hydrogen) atoms.